The zero-order valence-corrected chi connectivity index (χ0v) is 21.7. The fraction of sp³-hybridized carbons (Fsp3) is 0.172. The summed E-state index contributed by atoms with van der Waals surface area (Å²) in [4.78, 5) is 29.6. The van der Waals surface area contributed by atoms with E-state index in [0.29, 0.717) is 47.6 Å². The smallest absolute Gasteiger partial charge is 0.246 e. The van der Waals surface area contributed by atoms with Crippen molar-refractivity contribution in [3.05, 3.63) is 95.2 Å². The molecule has 0 unspecified atom stereocenters. The molecular formula is C29H24ClN5O4. The zero-order chi connectivity index (χ0) is 27.0. The van der Waals surface area contributed by atoms with Gasteiger partial charge in [0.1, 0.15) is 17.0 Å². The highest BCUT2D eigenvalue weighted by molar-refractivity contribution is 6.38. The molecule has 2 amide bonds. The van der Waals surface area contributed by atoms with Gasteiger partial charge in [0.05, 0.1) is 16.8 Å². The molecule has 0 atom stereocenters. The Morgan fingerprint density at radius 3 is 2.59 bits per heavy atom. The van der Waals surface area contributed by atoms with E-state index in [4.69, 9.17) is 20.5 Å². The van der Waals surface area contributed by atoms with Crippen LogP contribution in [0.25, 0.3) is 34.2 Å². The molecule has 1 fully saturated rings. The van der Waals surface area contributed by atoms with Gasteiger partial charge in [0.2, 0.25) is 23.5 Å². The van der Waals surface area contributed by atoms with Gasteiger partial charge in [-0.1, -0.05) is 47.1 Å². The molecule has 0 radical (unpaired) electrons. The maximum atomic E-state index is 12.9. The topological polar surface area (TPSA) is 115 Å². The predicted octanol–water partition coefficient (Wildman–Crippen LogP) is 5.21. The molecule has 10 heteroatoms. The minimum atomic E-state index is -0.872. The number of carbonyl (C=O) groups is 2. The standard InChI is InChI=1S/C29H24ClN5O4/c1-18-32-27(34-39-18)26-25(30)22-6-2-3-7-23(22)35(26)20-10-8-19(9-11-20)17-31-28(37)29(14-15-29)33-24(36)13-12-21-5-4-16-38-21/h2-13,16H,14-15,17H2,1H3,(H,31,37)(H,33,36)/b13-12+. The summed E-state index contributed by atoms with van der Waals surface area (Å²) >= 11 is 6.77. The number of hydrogen-bond donors (Lipinski definition) is 2. The minimum absolute atomic E-state index is 0.204. The van der Waals surface area contributed by atoms with E-state index in [0.717, 1.165) is 22.2 Å². The number of fused-ring (bicyclic) bond motifs is 1. The van der Waals surface area contributed by atoms with Crippen molar-refractivity contribution < 1.29 is 18.5 Å². The van der Waals surface area contributed by atoms with Crippen LogP contribution in [0, 0.1) is 6.92 Å². The fourth-order valence-electron chi connectivity index (χ4n) is 4.53. The number of aryl methyl sites for hydroxylation is 1. The Bertz CT molecular complexity index is 1700. The highest BCUT2D eigenvalue weighted by Gasteiger charge is 2.50. The van der Waals surface area contributed by atoms with Gasteiger partial charge < -0.3 is 24.1 Å². The summed E-state index contributed by atoms with van der Waals surface area (Å²) in [5.74, 6) is 0.874. The third-order valence-corrected chi connectivity index (χ3v) is 7.07. The van der Waals surface area contributed by atoms with E-state index in [2.05, 4.69) is 20.8 Å². The van der Waals surface area contributed by atoms with Gasteiger partial charge in [-0.3, -0.25) is 9.59 Å². The molecule has 6 rings (SSSR count). The van der Waals surface area contributed by atoms with Crippen LogP contribution in [-0.4, -0.2) is 32.1 Å². The van der Waals surface area contributed by atoms with Crippen molar-refractivity contribution in [1.82, 2.24) is 25.3 Å². The van der Waals surface area contributed by atoms with Crippen LogP contribution in [-0.2, 0) is 16.1 Å². The zero-order valence-electron chi connectivity index (χ0n) is 21.0. The Morgan fingerprint density at radius 1 is 1.10 bits per heavy atom. The number of aromatic nitrogens is 3. The summed E-state index contributed by atoms with van der Waals surface area (Å²) in [6, 6.07) is 19.1. The molecule has 0 aliphatic heterocycles. The maximum absolute atomic E-state index is 12.9. The molecule has 1 aliphatic rings. The molecule has 3 aromatic heterocycles. The van der Waals surface area contributed by atoms with Gasteiger partial charge in [-0.05, 0) is 54.8 Å². The van der Waals surface area contributed by atoms with E-state index in [9.17, 15) is 9.59 Å². The average molecular weight is 542 g/mol. The van der Waals surface area contributed by atoms with Crippen molar-refractivity contribution in [3.63, 3.8) is 0 Å². The van der Waals surface area contributed by atoms with E-state index in [1.54, 1.807) is 25.1 Å². The van der Waals surface area contributed by atoms with Gasteiger partial charge in [0, 0.05) is 30.6 Å². The molecule has 9 nitrogen and oxygen atoms in total. The van der Waals surface area contributed by atoms with Crippen molar-refractivity contribution in [2.75, 3.05) is 0 Å². The highest BCUT2D eigenvalue weighted by atomic mass is 35.5. The summed E-state index contributed by atoms with van der Waals surface area (Å²) in [6.07, 6.45) is 5.66. The molecule has 196 valence electrons. The first kappa shape index (κ1) is 24.7. The normalized spacial score (nSPS) is 14.1. The van der Waals surface area contributed by atoms with E-state index in [1.807, 2.05) is 53.1 Å². The predicted molar refractivity (Wildman–Crippen MR) is 146 cm³/mol. The second-order valence-corrected chi connectivity index (χ2v) is 9.80. The van der Waals surface area contributed by atoms with Crippen molar-refractivity contribution in [3.8, 4) is 17.2 Å². The van der Waals surface area contributed by atoms with Gasteiger partial charge in [-0.15, -0.1) is 0 Å². The molecule has 39 heavy (non-hydrogen) atoms. The number of hydrogen-bond acceptors (Lipinski definition) is 6. The van der Waals surface area contributed by atoms with Crippen LogP contribution in [0.3, 0.4) is 0 Å². The summed E-state index contributed by atoms with van der Waals surface area (Å²) < 4.78 is 12.4. The largest absolute Gasteiger partial charge is 0.465 e. The van der Waals surface area contributed by atoms with Crippen LogP contribution in [0.15, 0.2) is 81.9 Å². The number of halogens is 1. The van der Waals surface area contributed by atoms with Crippen molar-refractivity contribution in [2.24, 2.45) is 0 Å². The Hall–Kier alpha value is -4.63. The first-order valence-corrected chi connectivity index (χ1v) is 12.8. The summed E-state index contributed by atoms with van der Waals surface area (Å²) in [7, 11) is 0. The Labute approximate surface area is 228 Å². The quantitative estimate of drug-likeness (QED) is 0.260. The number of rotatable bonds is 8. The van der Waals surface area contributed by atoms with Crippen LogP contribution in [0.4, 0.5) is 0 Å². The number of furan rings is 1. The second kappa shape index (κ2) is 9.92. The lowest BCUT2D eigenvalue weighted by atomic mass is 10.1. The van der Waals surface area contributed by atoms with E-state index >= 15 is 0 Å². The lowest BCUT2D eigenvalue weighted by Crippen LogP contribution is -2.48. The van der Waals surface area contributed by atoms with Crippen molar-refractivity contribution >= 4 is 40.4 Å². The van der Waals surface area contributed by atoms with Gasteiger partial charge in [0.25, 0.3) is 0 Å². The van der Waals surface area contributed by atoms with Gasteiger partial charge in [-0.2, -0.15) is 4.98 Å². The molecular weight excluding hydrogens is 518 g/mol. The number of carbonyl (C=O) groups excluding carboxylic acids is 2. The number of para-hydroxylation sites is 1. The van der Waals surface area contributed by atoms with Crippen LogP contribution < -0.4 is 10.6 Å². The summed E-state index contributed by atoms with van der Waals surface area (Å²) in [5, 5.41) is 11.3. The maximum Gasteiger partial charge on any atom is 0.246 e. The van der Waals surface area contributed by atoms with Crippen molar-refractivity contribution in [1.29, 1.82) is 0 Å². The Balaban J connectivity index is 1.17. The Morgan fingerprint density at radius 2 is 1.90 bits per heavy atom. The lowest BCUT2D eigenvalue weighted by molar-refractivity contribution is -0.128. The van der Waals surface area contributed by atoms with Gasteiger partial charge >= 0.3 is 0 Å². The number of amides is 2. The lowest BCUT2D eigenvalue weighted by Gasteiger charge is -2.16. The molecule has 5 aromatic rings. The number of nitrogens with one attached hydrogen (secondary N) is 2. The molecule has 0 spiro atoms. The molecule has 0 saturated heterocycles. The first-order chi connectivity index (χ1) is 18.9. The number of benzene rings is 2. The van der Waals surface area contributed by atoms with E-state index in [1.165, 1.54) is 12.3 Å². The summed E-state index contributed by atoms with van der Waals surface area (Å²) in [6.45, 7) is 2.05. The third-order valence-electron chi connectivity index (χ3n) is 6.69. The molecule has 1 saturated carbocycles. The SMILES string of the molecule is Cc1nc(-c2c(Cl)c3ccccc3n2-c2ccc(CNC(=O)C3(NC(=O)/C=C/c4ccco4)CC3)cc2)no1. The fourth-order valence-corrected chi connectivity index (χ4v) is 4.86. The van der Waals surface area contributed by atoms with E-state index < -0.39 is 5.54 Å². The van der Waals surface area contributed by atoms with Crippen LogP contribution >= 0.6 is 11.6 Å². The van der Waals surface area contributed by atoms with Crippen LogP contribution in [0.2, 0.25) is 5.02 Å². The third kappa shape index (κ3) is 4.84. The van der Waals surface area contributed by atoms with Crippen molar-refractivity contribution in [2.45, 2.75) is 31.8 Å². The molecule has 1 aliphatic carbocycles. The average Bonchev–Trinajstić information content (AvgIpc) is 3.25. The Kier molecular flexibility index (Phi) is 6.28. The molecule has 2 N–H and O–H groups in total. The summed E-state index contributed by atoms with van der Waals surface area (Å²) in [5.41, 5.74) is 2.45. The molecule has 0 bridgehead atoms. The number of nitrogens with zero attached hydrogens (tertiary/aromatic N) is 3. The monoisotopic (exact) mass is 541 g/mol. The minimum Gasteiger partial charge on any atom is -0.465 e. The van der Waals surface area contributed by atoms with Gasteiger partial charge in [0.15, 0.2) is 0 Å². The second-order valence-electron chi connectivity index (χ2n) is 9.42. The van der Waals surface area contributed by atoms with Crippen LogP contribution in [0.5, 0.6) is 0 Å². The van der Waals surface area contributed by atoms with Gasteiger partial charge in [-0.25, -0.2) is 0 Å². The van der Waals surface area contributed by atoms with Crippen LogP contribution in [0.1, 0.15) is 30.1 Å². The molecule has 2 aromatic carbocycles. The first-order valence-electron chi connectivity index (χ1n) is 12.4. The molecule has 3 heterocycles. The highest BCUT2D eigenvalue weighted by Crippen LogP contribution is 2.39. The van der Waals surface area contributed by atoms with E-state index in [-0.39, 0.29) is 11.8 Å².